The van der Waals surface area contributed by atoms with Crippen LogP contribution in [-0.2, 0) is 6.54 Å². The molecule has 3 rings (SSSR count). The number of hydrogen-bond donors (Lipinski definition) is 1. The first-order valence-corrected chi connectivity index (χ1v) is 8.58. The highest BCUT2D eigenvalue weighted by Gasteiger charge is 2.28. The Morgan fingerprint density at radius 2 is 1.85 bits per heavy atom. The summed E-state index contributed by atoms with van der Waals surface area (Å²) >= 11 is 5.94. The maximum absolute atomic E-state index is 13.1. The van der Waals surface area contributed by atoms with Crippen LogP contribution >= 0.6 is 11.6 Å². The van der Waals surface area contributed by atoms with Gasteiger partial charge in [0.05, 0.1) is 0 Å². The van der Waals surface area contributed by atoms with E-state index in [9.17, 15) is 9.90 Å². The van der Waals surface area contributed by atoms with Gasteiger partial charge in [-0.2, -0.15) is 0 Å². The fraction of sp³-hybridized carbons (Fsp3) is 0.200. The number of carbonyl (C=O) groups excluding carboxylic acids is 1. The molecule has 1 unspecified atom stereocenters. The highest BCUT2D eigenvalue weighted by Crippen LogP contribution is 2.31. The number of aliphatic hydroxyl groups is 1. The van der Waals surface area contributed by atoms with Gasteiger partial charge in [0.25, 0.3) is 5.91 Å². The van der Waals surface area contributed by atoms with Gasteiger partial charge in [-0.15, -0.1) is 0 Å². The van der Waals surface area contributed by atoms with Gasteiger partial charge in [0.1, 0.15) is 17.4 Å². The van der Waals surface area contributed by atoms with Crippen molar-refractivity contribution in [2.24, 2.45) is 0 Å². The van der Waals surface area contributed by atoms with Crippen molar-refractivity contribution in [1.82, 2.24) is 10.1 Å². The summed E-state index contributed by atoms with van der Waals surface area (Å²) in [7, 11) is 1.71. The fourth-order valence-electron chi connectivity index (χ4n) is 2.72. The van der Waals surface area contributed by atoms with Gasteiger partial charge in [-0.05, 0) is 24.6 Å². The lowest BCUT2D eigenvalue weighted by Gasteiger charge is -2.18. The van der Waals surface area contributed by atoms with Gasteiger partial charge >= 0.3 is 0 Å². The zero-order valence-corrected chi connectivity index (χ0v) is 15.3. The van der Waals surface area contributed by atoms with E-state index in [2.05, 4.69) is 5.16 Å². The van der Waals surface area contributed by atoms with Crippen LogP contribution in [-0.4, -0.2) is 28.1 Å². The molecule has 0 aliphatic heterocycles. The molecule has 6 heteroatoms. The van der Waals surface area contributed by atoms with Gasteiger partial charge in [0, 0.05) is 24.2 Å². The second kappa shape index (κ2) is 7.72. The molecule has 1 amide bonds. The molecule has 26 heavy (non-hydrogen) atoms. The van der Waals surface area contributed by atoms with Gasteiger partial charge in [-0.25, -0.2) is 0 Å². The normalized spacial score (nSPS) is 12.0. The molecular formula is C20H19ClN2O3. The second-order valence-electron chi connectivity index (χ2n) is 6.10. The number of hydrogen-bond acceptors (Lipinski definition) is 4. The van der Waals surface area contributed by atoms with E-state index in [1.54, 1.807) is 43.1 Å². The SMILES string of the molecule is CC(O)c1onc(-c2ccc(Cl)cc2)c1C(=O)N(C)Cc1ccccc1. The minimum Gasteiger partial charge on any atom is -0.385 e. The molecule has 5 nitrogen and oxygen atoms in total. The largest absolute Gasteiger partial charge is 0.385 e. The summed E-state index contributed by atoms with van der Waals surface area (Å²) in [6, 6.07) is 16.6. The molecule has 0 fully saturated rings. The lowest BCUT2D eigenvalue weighted by atomic mass is 10.0. The van der Waals surface area contributed by atoms with E-state index in [4.69, 9.17) is 16.1 Å². The van der Waals surface area contributed by atoms with Crippen LogP contribution in [0.25, 0.3) is 11.3 Å². The van der Waals surface area contributed by atoms with E-state index in [0.717, 1.165) is 5.56 Å². The van der Waals surface area contributed by atoms with Crippen molar-refractivity contribution >= 4 is 17.5 Å². The Bertz CT molecular complexity index is 889. The van der Waals surface area contributed by atoms with Crippen molar-refractivity contribution in [2.75, 3.05) is 7.05 Å². The quantitative estimate of drug-likeness (QED) is 0.726. The van der Waals surface area contributed by atoms with Crippen LogP contribution < -0.4 is 0 Å². The van der Waals surface area contributed by atoms with Gasteiger partial charge in [0.15, 0.2) is 5.76 Å². The molecule has 1 heterocycles. The molecule has 0 radical (unpaired) electrons. The van der Waals surface area contributed by atoms with Crippen molar-refractivity contribution in [3.8, 4) is 11.3 Å². The summed E-state index contributed by atoms with van der Waals surface area (Å²) in [5.41, 5.74) is 2.36. The monoisotopic (exact) mass is 370 g/mol. The number of rotatable bonds is 5. The zero-order valence-electron chi connectivity index (χ0n) is 14.5. The summed E-state index contributed by atoms with van der Waals surface area (Å²) in [6.45, 7) is 1.98. The number of aromatic nitrogens is 1. The summed E-state index contributed by atoms with van der Waals surface area (Å²) in [4.78, 5) is 14.7. The minimum atomic E-state index is -0.951. The number of amides is 1. The Morgan fingerprint density at radius 1 is 1.19 bits per heavy atom. The molecule has 1 N–H and O–H groups in total. The predicted molar refractivity (Wildman–Crippen MR) is 99.8 cm³/mol. The molecule has 0 aliphatic rings. The van der Waals surface area contributed by atoms with E-state index in [-0.39, 0.29) is 17.2 Å². The van der Waals surface area contributed by atoms with Gasteiger partial charge in [-0.1, -0.05) is 59.2 Å². The maximum atomic E-state index is 13.1. The molecule has 0 saturated carbocycles. The van der Waals surface area contributed by atoms with E-state index in [0.29, 0.717) is 22.8 Å². The molecule has 1 aromatic heterocycles. The van der Waals surface area contributed by atoms with Gasteiger partial charge < -0.3 is 14.5 Å². The van der Waals surface area contributed by atoms with E-state index in [1.165, 1.54) is 0 Å². The van der Waals surface area contributed by atoms with E-state index < -0.39 is 6.10 Å². The average Bonchev–Trinajstić information content (AvgIpc) is 3.07. The lowest BCUT2D eigenvalue weighted by Crippen LogP contribution is -2.27. The first-order valence-electron chi connectivity index (χ1n) is 8.20. The molecule has 3 aromatic rings. The van der Waals surface area contributed by atoms with Crippen LogP contribution in [0.4, 0.5) is 0 Å². The molecule has 0 bridgehead atoms. The van der Waals surface area contributed by atoms with Crippen LogP contribution in [0.1, 0.15) is 34.7 Å². The molecule has 0 aliphatic carbocycles. The number of nitrogens with zero attached hydrogens (tertiary/aromatic N) is 2. The molecule has 2 aromatic carbocycles. The first kappa shape index (κ1) is 18.2. The van der Waals surface area contributed by atoms with Crippen LogP contribution in [0.15, 0.2) is 59.1 Å². The number of aliphatic hydroxyl groups excluding tert-OH is 1. The van der Waals surface area contributed by atoms with Crippen molar-refractivity contribution < 1.29 is 14.4 Å². The summed E-state index contributed by atoms with van der Waals surface area (Å²) in [5, 5.41) is 14.6. The smallest absolute Gasteiger partial charge is 0.259 e. The summed E-state index contributed by atoms with van der Waals surface area (Å²) < 4.78 is 5.28. The van der Waals surface area contributed by atoms with Crippen molar-refractivity contribution in [3.05, 3.63) is 76.5 Å². The average molecular weight is 371 g/mol. The van der Waals surface area contributed by atoms with Crippen molar-refractivity contribution in [3.63, 3.8) is 0 Å². The van der Waals surface area contributed by atoms with Crippen LogP contribution in [0.5, 0.6) is 0 Å². The van der Waals surface area contributed by atoms with E-state index in [1.807, 2.05) is 30.3 Å². The third-order valence-electron chi connectivity index (χ3n) is 4.04. The minimum absolute atomic E-state index is 0.153. The Hall–Kier alpha value is -2.63. The lowest BCUT2D eigenvalue weighted by molar-refractivity contribution is 0.0773. The predicted octanol–water partition coefficient (Wildman–Crippen LogP) is 4.32. The van der Waals surface area contributed by atoms with Gasteiger partial charge in [-0.3, -0.25) is 4.79 Å². The van der Waals surface area contributed by atoms with Crippen molar-refractivity contribution in [2.45, 2.75) is 19.6 Å². The summed E-state index contributed by atoms with van der Waals surface area (Å²) in [6.07, 6.45) is -0.951. The molecule has 134 valence electrons. The molecule has 0 saturated heterocycles. The molecular weight excluding hydrogens is 352 g/mol. The van der Waals surface area contributed by atoms with Gasteiger partial charge in [0.2, 0.25) is 0 Å². The zero-order chi connectivity index (χ0) is 18.7. The Balaban J connectivity index is 1.97. The first-order chi connectivity index (χ1) is 12.5. The standard InChI is InChI=1S/C20H19ClN2O3/c1-13(24)19-17(18(22-26-19)15-8-10-16(21)11-9-15)20(25)23(2)12-14-6-4-3-5-7-14/h3-11,13,24H,12H2,1-2H3. The third kappa shape index (κ3) is 3.79. The van der Waals surface area contributed by atoms with Crippen LogP contribution in [0, 0.1) is 0 Å². The topological polar surface area (TPSA) is 66.6 Å². The van der Waals surface area contributed by atoms with Crippen LogP contribution in [0.3, 0.4) is 0 Å². The van der Waals surface area contributed by atoms with E-state index >= 15 is 0 Å². The highest BCUT2D eigenvalue weighted by atomic mass is 35.5. The molecule has 0 spiro atoms. The molecule has 1 atom stereocenters. The maximum Gasteiger partial charge on any atom is 0.259 e. The second-order valence-corrected chi connectivity index (χ2v) is 6.54. The Kier molecular flexibility index (Phi) is 5.40. The Morgan fingerprint density at radius 3 is 2.46 bits per heavy atom. The highest BCUT2D eigenvalue weighted by molar-refractivity contribution is 6.30. The third-order valence-corrected chi connectivity index (χ3v) is 4.29. The fourth-order valence-corrected chi connectivity index (χ4v) is 2.85. The Labute approximate surface area is 156 Å². The number of carbonyl (C=O) groups is 1. The number of halogens is 1. The number of benzene rings is 2. The summed E-state index contributed by atoms with van der Waals surface area (Å²) in [5.74, 6) is -0.115. The van der Waals surface area contributed by atoms with Crippen LogP contribution in [0.2, 0.25) is 5.02 Å². The van der Waals surface area contributed by atoms with Crippen molar-refractivity contribution in [1.29, 1.82) is 0 Å².